The molecule has 2 fully saturated rings. The van der Waals surface area contributed by atoms with Gasteiger partial charge in [0.25, 0.3) is 5.24 Å². The molecule has 0 aromatic heterocycles. The summed E-state index contributed by atoms with van der Waals surface area (Å²) in [4.78, 5) is 24.0. The lowest BCUT2D eigenvalue weighted by atomic mass is 9.90. The van der Waals surface area contributed by atoms with Crippen molar-refractivity contribution in [3.05, 3.63) is 36.0 Å². The maximum absolute atomic E-state index is 12.4. The van der Waals surface area contributed by atoms with Crippen LogP contribution in [0.4, 0.5) is 4.79 Å². The van der Waals surface area contributed by atoms with Crippen molar-refractivity contribution in [1.29, 1.82) is 0 Å². The molecule has 5 atom stereocenters. The fourth-order valence-electron chi connectivity index (χ4n) is 3.96. The summed E-state index contributed by atoms with van der Waals surface area (Å²) < 4.78 is 11.8. The fraction of sp³-hybridized carbons (Fsp3) is 0.636. The van der Waals surface area contributed by atoms with Crippen molar-refractivity contribution in [1.82, 2.24) is 5.32 Å². The number of thioether (sulfide) groups is 1. The zero-order valence-corrected chi connectivity index (χ0v) is 18.0. The highest BCUT2D eigenvalue weighted by molar-refractivity contribution is 8.14. The van der Waals surface area contributed by atoms with Crippen LogP contribution in [-0.2, 0) is 14.3 Å². The molecule has 2 saturated heterocycles. The minimum atomic E-state index is -1.53. The van der Waals surface area contributed by atoms with Crippen LogP contribution < -0.4 is 5.32 Å². The summed E-state index contributed by atoms with van der Waals surface area (Å²) in [6.07, 6.45) is 13.2. The van der Waals surface area contributed by atoms with E-state index in [1.165, 1.54) is 6.08 Å². The van der Waals surface area contributed by atoms with Crippen LogP contribution in [0.25, 0.3) is 0 Å². The molecule has 7 heteroatoms. The van der Waals surface area contributed by atoms with Crippen molar-refractivity contribution < 1.29 is 24.2 Å². The van der Waals surface area contributed by atoms with Crippen molar-refractivity contribution >= 4 is 23.0 Å². The van der Waals surface area contributed by atoms with Crippen LogP contribution in [0.3, 0.4) is 0 Å². The number of hydrogen-bond donors (Lipinski definition) is 2. The highest BCUT2D eigenvalue weighted by Crippen LogP contribution is 2.36. The molecule has 0 spiro atoms. The first-order chi connectivity index (χ1) is 13.8. The Morgan fingerprint density at radius 2 is 2.07 bits per heavy atom. The van der Waals surface area contributed by atoms with Crippen molar-refractivity contribution in [3.63, 3.8) is 0 Å². The zero-order valence-electron chi connectivity index (χ0n) is 17.1. The first-order valence-electron chi connectivity index (χ1n) is 10.4. The van der Waals surface area contributed by atoms with E-state index in [2.05, 4.69) is 30.5 Å². The van der Waals surface area contributed by atoms with Crippen molar-refractivity contribution in [2.45, 2.75) is 76.4 Å². The normalized spacial score (nSPS) is 41.0. The number of carbonyl (C=O) groups is 2. The Bertz CT molecular complexity index is 703. The molecular formula is C22H31NO5S. The zero-order chi connectivity index (χ0) is 20.9. The van der Waals surface area contributed by atoms with Crippen LogP contribution >= 0.6 is 11.8 Å². The van der Waals surface area contributed by atoms with Gasteiger partial charge in [0.1, 0.15) is 6.10 Å². The van der Waals surface area contributed by atoms with Crippen molar-refractivity contribution in [2.24, 2.45) is 5.92 Å². The number of ether oxygens (including phenoxy) is 2. The standard InChI is InChI=1S/C22H31NO5S/c1-15-7-5-3-4-6-8-16(2)11-20(24)27-18-12-17(10-9-15)28-22(26,13-18)19-14-29-21(25)23-19/h3-5,7,11,15,17-19,26H,6,8-10,12-14H2,1-2H3,(H,23,25)/b4-3+,7-5-,16-11-. The topological polar surface area (TPSA) is 84.9 Å². The molecule has 2 bridgehead atoms. The van der Waals surface area contributed by atoms with Crippen molar-refractivity contribution in [2.75, 3.05) is 5.75 Å². The number of carbonyl (C=O) groups excluding carboxylic acids is 2. The van der Waals surface area contributed by atoms with Gasteiger partial charge < -0.3 is 19.9 Å². The van der Waals surface area contributed by atoms with Gasteiger partial charge in [-0.2, -0.15) is 0 Å². The number of esters is 1. The molecule has 6 nitrogen and oxygen atoms in total. The van der Waals surface area contributed by atoms with Gasteiger partial charge in [0, 0.05) is 24.7 Å². The summed E-state index contributed by atoms with van der Waals surface area (Å²) in [5.41, 5.74) is 0.961. The first kappa shape index (κ1) is 22.1. The number of hydrogen-bond acceptors (Lipinski definition) is 6. The predicted octanol–water partition coefficient (Wildman–Crippen LogP) is 3.86. The second kappa shape index (κ2) is 9.96. The number of amides is 1. The molecule has 0 saturated carbocycles. The molecule has 3 heterocycles. The van der Waals surface area contributed by atoms with Crippen LogP contribution in [0.2, 0.25) is 0 Å². The molecule has 0 aromatic carbocycles. The Hall–Kier alpha value is -1.57. The largest absolute Gasteiger partial charge is 0.459 e. The van der Waals surface area contributed by atoms with E-state index in [0.717, 1.165) is 43.0 Å². The quantitative estimate of drug-likeness (QED) is 0.626. The molecule has 0 radical (unpaired) electrons. The van der Waals surface area contributed by atoms with E-state index in [0.29, 0.717) is 18.1 Å². The Balaban J connectivity index is 1.78. The molecule has 2 N–H and O–H groups in total. The van der Waals surface area contributed by atoms with Crippen LogP contribution in [0, 0.1) is 5.92 Å². The summed E-state index contributed by atoms with van der Waals surface area (Å²) in [5, 5.41) is 13.8. The Morgan fingerprint density at radius 3 is 2.83 bits per heavy atom. The van der Waals surface area contributed by atoms with Gasteiger partial charge in [-0.1, -0.05) is 48.6 Å². The molecule has 29 heavy (non-hydrogen) atoms. The Kier molecular flexibility index (Phi) is 7.60. The van der Waals surface area contributed by atoms with Crippen LogP contribution in [0.15, 0.2) is 36.0 Å². The average molecular weight is 422 g/mol. The molecule has 5 unspecified atom stereocenters. The third-order valence-corrected chi connectivity index (χ3v) is 6.50. The lowest BCUT2D eigenvalue weighted by Crippen LogP contribution is -2.58. The van der Waals surface area contributed by atoms with E-state index in [1.54, 1.807) is 0 Å². The molecule has 0 aliphatic carbocycles. The molecule has 3 aliphatic rings. The first-order valence-corrected chi connectivity index (χ1v) is 11.4. The monoisotopic (exact) mass is 421 g/mol. The van der Waals surface area contributed by atoms with E-state index >= 15 is 0 Å². The molecule has 0 aromatic rings. The third-order valence-electron chi connectivity index (χ3n) is 5.62. The van der Waals surface area contributed by atoms with E-state index in [-0.39, 0.29) is 23.7 Å². The molecular weight excluding hydrogens is 390 g/mol. The van der Waals surface area contributed by atoms with Gasteiger partial charge in [-0.05, 0) is 38.5 Å². The summed E-state index contributed by atoms with van der Waals surface area (Å²) in [7, 11) is 0. The molecule has 160 valence electrons. The number of fused-ring (bicyclic) bond motifs is 2. The van der Waals surface area contributed by atoms with Crippen molar-refractivity contribution in [3.8, 4) is 0 Å². The van der Waals surface area contributed by atoms with E-state index in [4.69, 9.17) is 9.47 Å². The number of rotatable bonds is 1. The summed E-state index contributed by atoms with van der Waals surface area (Å²) in [6, 6.07) is -0.505. The second-order valence-corrected chi connectivity index (χ2v) is 9.27. The van der Waals surface area contributed by atoms with Gasteiger partial charge in [0.2, 0.25) is 0 Å². The Morgan fingerprint density at radius 1 is 1.24 bits per heavy atom. The molecule has 3 rings (SSSR count). The fourth-order valence-corrected chi connectivity index (χ4v) is 4.85. The second-order valence-electron chi connectivity index (χ2n) is 8.28. The summed E-state index contributed by atoms with van der Waals surface area (Å²) in [6.45, 7) is 4.07. The van der Waals surface area contributed by atoms with E-state index in [1.807, 2.05) is 13.0 Å². The lowest BCUT2D eigenvalue weighted by molar-refractivity contribution is -0.283. The number of nitrogens with one attached hydrogen (secondary N) is 1. The van der Waals surface area contributed by atoms with Gasteiger partial charge in [-0.25, -0.2) is 4.79 Å². The highest BCUT2D eigenvalue weighted by atomic mass is 32.2. The van der Waals surface area contributed by atoms with Gasteiger partial charge in [-0.3, -0.25) is 4.79 Å². The average Bonchev–Trinajstić information content (AvgIpc) is 3.09. The summed E-state index contributed by atoms with van der Waals surface area (Å²) in [5.74, 6) is -1.10. The Labute approximate surface area is 176 Å². The van der Waals surface area contributed by atoms with E-state index in [9.17, 15) is 14.7 Å². The van der Waals surface area contributed by atoms with E-state index < -0.39 is 17.9 Å². The maximum Gasteiger partial charge on any atom is 0.330 e. The summed E-state index contributed by atoms with van der Waals surface area (Å²) >= 11 is 1.14. The molecule has 1 amide bonds. The molecule has 3 aliphatic heterocycles. The maximum atomic E-state index is 12.4. The smallest absolute Gasteiger partial charge is 0.330 e. The predicted molar refractivity (Wildman–Crippen MR) is 113 cm³/mol. The minimum Gasteiger partial charge on any atom is -0.459 e. The third kappa shape index (κ3) is 6.46. The number of aliphatic hydroxyl groups is 1. The minimum absolute atomic E-state index is 0.159. The van der Waals surface area contributed by atoms with Gasteiger partial charge in [0.15, 0.2) is 5.79 Å². The van der Waals surface area contributed by atoms with Gasteiger partial charge in [0.05, 0.1) is 12.1 Å². The lowest BCUT2D eigenvalue weighted by Gasteiger charge is -2.43. The SMILES string of the molecule is C/C1=C/C(=O)OC2CC(CCC(C)/C=C\C=C\CC1)OC(O)(C1CSC(=O)N1)C2. The van der Waals surface area contributed by atoms with Crippen LogP contribution in [-0.4, -0.2) is 46.1 Å². The van der Waals surface area contributed by atoms with Gasteiger partial charge >= 0.3 is 5.97 Å². The number of allylic oxidation sites excluding steroid dienone is 5. The van der Waals surface area contributed by atoms with Crippen LogP contribution in [0.1, 0.15) is 52.4 Å². The van der Waals surface area contributed by atoms with Crippen LogP contribution in [0.5, 0.6) is 0 Å². The van der Waals surface area contributed by atoms with Gasteiger partial charge in [-0.15, -0.1) is 0 Å². The highest BCUT2D eigenvalue weighted by Gasteiger charge is 2.49.